The zero-order valence-corrected chi connectivity index (χ0v) is 16.9. The number of piperidine rings is 1. The number of rotatable bonds is 4. The Labute approximate surface area is 164 Å². The number of hydrogen-bond donors (Lipinski definition) is 3. The van der Waals surface area contributed by atoms with Crippen LogP contribution in [0, 0.1) is 12.8 Å². The SMILES string of the molecule is Cc1[nH]c(=O)[nH]c(=O)c1S(=O)(=O)N1CCCC(C(=O)NC2CCCCCC2)C1. The number of aromatic amines is 2. The first-order chi connectivity index (χ1) is 13.3. The Morgan fingerprint density at radius 1 is 1.04 bits per heavy atom. The molecular formula is C18H28N4O5S. The van der Waals surface area contributed by atoms with Crippen LogP contribution < -0.4 is 16.6 Å². The third-order valence-corrected chi connectivity index (χ3v) is 7.65. The number of nitrogens with zero attached hydrogens (tertiary/aromatic N) is 1. The molecule has 1 amide bonds. The Kier molecular flexibility index (Phi) is 6.39. The van der Waals surface area contributed by atoms with E-state index in [1.807, 2.05) is 4.98 Å². The summed E-state index contributed by atoms with van der Waals surface area (Å²) in [6, 6.07) is 0.159. The van der Waals surface area contributed by atoms with Gasteiger partial charge in [-0.1, -0.05) is 25.7 Å². The molecule has 3 N–H and O–H groups in total. The van der Waals surface area contributed by atoms with Gasteiger partial charge in [-0.2, -0.15) is 4.31 Å². The van der Waals surface area contributed by atoms with Gasteiger partial charge in [-0.3, -0.25) is 14.6 Å². The maximum Gasteiger partial charge on any atom is 0.325 e. The number of hydrogen-bond acceptors (Lipinski definition) is 5. The van der Waals surface area contributed by atoms with Crippen molar-refractivity contribution >= 4 is 15.9 Å². The third-order valence-electron chi connectivity index (χ3n) is 5.63. The van der Waals surface area contributed by atoms with Crippen LogP contribution in [-0.4, -0.2) is 47.7 Å². The van der Waals surface area contributed by atoms with Crippen LogP contribution in [0.2, 0.25) is 0 Å². The minimum atomic E-state index is -4.11. The Morgan fingerprint density at radius 2 is 1.71 bits per heavy atom. The van der Waals surface area contributed by atoms with Crippen molar-refractivity contribution in [3.63, 3.8) is 0 Å². The molecule has 0 radical (unpaired) electrons. The number of nitrogens with one attached hydrogen (secondary N) is 3. The predicted molar refractivity (Wildman–Crippen MR) is 104 cm³/mol. The fraction of sp³-hybridized carbons (Fsp3) is 0.722. The minimum absolute atomic E-state index is 0.00113. The van der Waals surface area contributed by atoms with Crippen LogP contribution in [0.4, 0.5) is 0 Å². The summed E-state index contributed by atoms with van der Waals surface area (Å²) in [5.74, 6) is -0.548. The molecule has 156 valence electrons. The first kappa shape index (κ1) is 20.8. The average molecular weight is 413 g/mol. The Morgan fingerprint density at radius 3 is 2.36 bits per heavy atom. The molecule has 9 nitrogen and oxygen atoms in total. The van der Waals surface area contributed by atoms with Crippen LogP contribution in [0.3, 0.4) is 0 Å². The number of aromatic nitrogens is 2. The van der Waals surface area contributed by atoms with Crippen molar-refractivity contribution in [1.29, 1.82) is 0 Å². The summed E-state index contributed by atoms with van der Waals surface area (Å²) in [6.45, 7) is 1.66. The molecule has 0 spiro atoms. The summed E-state index contributed by atoms with van der Waals surface area (Å²) in [6.07, 6.45) is 7.67. The van der Waals surface area contributed by atoms with E-state index in [1.54, 1.807) is 0 Å². The monoisotopic (exact) mass is 412 g/mol. The van der Waals surface area contributed by atoms with Gasteiger partial charge in [0.2, 0.25) is 15.9 Å². The van der Waals surface area contributed by atoms with E-state index in [-0.39, 0.29) is 30.7 Å². The van der Waals surface area contributed by atoms with Gasteiger partial charge >= 0.3 is 5.69 Å². The molecule has 1 aliphatic heterocycles. The van der Waals surface area contributed by atoms with Crippen molar-refractivity contribution in [3.05, 3.63) is 26.5 Å². The van der Waals surface area contributed by atoms with Crippen molar-refractivity contribution in [2.24, 2.45) is 5.92 Å². The van der Waals surface area contributed by atoms with Crippen LogP contribution in [-0.2, 0) is 14.8 Å². The van der Waals surface area contributed by atoms with E-state index in [2.05, 4.69) is 10.3 Å². The summed E-state index contributed by atoms with van der Waals surface area (Å²) < 4.78 is 27.2. The van der Waals surface area contributed by atoms with Crippen LogP contribution in [0.5, 0.6) is 0 Å². The quantitative estimate of drug-likeness (QED) is 0.624. The predicted octanol–water partition coefficient (Wildman–Crippen LogP) is 0.611. The van der Waals surface area contributed by atoms with E-state index in [1.165, 1.54) is 24.1 Å². The molecule has 1 unspecified atom stereocenters. The van der Waals surface area contributed by atoms with Crippen LogP contribution >= 0.6 is 0 Å². The van der Waals surface area contributed by atoms with E-state index < -0.39 is 32.1 Å². The zero-order valence-electron chi connectivity index (χ0n) is 16.1. The van der Waals surface area contributed by atoms with Gasteiger partial charge in [0.25, 0.3) is 5.56 Å². The smallest absolute Gasteiger partial charge is 0.325 e. The minimum Gasteiger partial charge on any atom is -0.353 e. The van der Waals surface area contributed by atoms with Crippen molar-refractivity contribution < 1.29 is 13.2 Å². The highest BCUT2D eigenvalue weighted by molar-refractivity contribution is 7.89. The van der Waals surface area contributed by atoms with Crippen LogP contribution in [0.25, 0.3) is 0 Å². The van der Waals surface area contributed by atoms with Gasteiger partial charge in [-0.25, -0.2) is 13.2 Å². The summed E-state index contributed by atoms with van der Waals surface area (Å²) in [7, 11) is -4.11. The first-order valence-electron chi connectivity index (χ1n) is 9.93. The Hall–Kier alpha value is -1.94. The Bertz CT molecular complexity index is 928. The molecule has 1 aromatic heterocycles. The number of aryl methyl sites for hydroxylation is 1. The Balaban J connectivity index is 1.74. The molecular weight excluding hydrogens is 384 g/mol. The van der Waals surface area contributed by atoms with Crippen LogP contribution in [0.15, 0.2) is 14.5 Å². The lowest BCUT2D eigenvalue weighted by Gasteiger charge is -2.32. The lowest BCUT2D eigenvalue weighted by molar-refractivity contribution is -0.126. The second-order valence-electron chi connectivity index (χ2n) is 7.76. The lowest BCUT2D eigenvalue weighted by atomic mass is 9.97. The highest BCUT2D eigenvalue weighted by Gasteiger charge is 2.36. The van der Waals surface area contributed by atoms with Crippen molar-refractivity contribution in [1.82, 2.24) is 19.6 Å². The fourth-order valence-electron chi connectivity index (χ4n) is 4.15. The summed E-state index contributed by atoms with van der Waals surface area (Å²) >= 11 is 0. The van der Waals surface area contributed by atoms with Gasteiger partial charge < -0.3 is 10.3 Å². The van der Waals surface area contributed by atoms with Gasteiger partial charge in [0, 0.05) is 24.8 Å². The molecule has 10 heteroatoms. The molecule has 28 heavy (non-hydrogen) atoms. The second-order valence-corrected chi connectivity index (χ2v) is 9.64. The largest absolute Gasteiger partial charge is 0.353 e. The molecule has 1 aromatic rings. The zero-order chi connectivity index (χ0) is 20.3. The molecule has 0 aromatic carbocycles. The maximum atomic E-state index is 13.0. The van der Waals surface area contributed by atoms with Crippen molar-refractivity contribution in [2.45, 2.75) is 69.2 Å². The summed E-state index contributed by atoms with van der Waals surface area (Å²) in [5, 5.41) is 3.09. The van der Waals surface area contributed by atoms with Gasteiger partial charge in [0.1, 0.15) is 0 Å². The van der Waals surface area contributed by atoms with Gasteiger partial charge in [0.15, 0.2) is 4.90 Å². The van der Waals surface area contributed by atoms with E-state index in [0.717, 1.165) is 25.7 Å². The maximum absolute atomic E-state index is 13.0. The highest BCUT2D eigenvalue weighted by Crippen LogP contribution is 2.24. The molecule has 1 saturated carbocycles. The topological polar surface area (TPSA) is 132 Å². The standard InChI is InChI=1S/C18H28N4O5S/c1-12-15(17(24)21-18(25)19-12)28(26,27)22-10-6-7-13(11-22)16(23)20-14-8-4-2-3-5-9-14/h13-14H,2-11H2,1H3,(H,20,23)(H2,19,21,24,25). The van der Waals surface area contributed by atoms with Gasteiger partial charge in [-0.15, -0.1) is 0 Å². The summed E-state index contributed by atoms with van der Waals surface area (Å²) in [4.78, 5) is 40.0. The second kappa shape index (κ2) is 8.60. The molecule has 0 bridgehead atoms. The molecule has 1 atom stereocenters. The molecule has 1 aliphatic carbocycles. The van der Waals surface area contributed by atoms with Crippen LogP contribution in [0.1, 0.15) is 57.1 Å². The number of carbonyl (C=O) groups excluding carboxylic acids is 1. The molecule has 3 rings (SSSR count). The number of H-pyrrole nitrogens is 2. The van der Waals surface area contributed by atoms with Crippen molar-refractivity contribution in [2.75, 3.05) is 13.1 Å². The highest BCUT2D eigenvalue weighted by atomic mass is 32.2. The van der Waals surface area contributed by atoms with E-state index in [4.69, 9.17) is 0 Å². The fourth-order valence-corrected chi connectivity index (χ4v) is 5.87. The van der Waals surface area contributed by atoms with Gasteiger partial charge in [-0.05, 0) is 32.6 Å². The number of carbonyl (C=O) groups is 1. The molecule has 2 fully saturated rings. The first-order valence-corrected chi connectivity index (χ1v) is 11.4. The normalized spacial score (nSPS) is 22.5. The van der Waals surface area contributed by atoms with E-state index in [9.17, 15) is 22.8 Å². The molecule has 2 aliphatic rings. The molecule has 1 saturated heterocycles. The average Bonchev–Trinajstić information content (AvgIpc) is 2.89. The third kappa shape index (κ3) is 4.54. The molecule has 2 heterocycles. The summed E-state index contributed by atoms with van der Waals surface area (Å²) in [5.41, 5.74) is -1.69. The van der Waals surface area contributed by atoms with Gasteiger partial charge in [0.05, 0.1) is 5.92 Å². The van der Waals surface area contributed by atoms with E-state index in [0.29, 0.717) is 12.8 Å². The number of sulfonamides is 1. The van der Waals surface area contributed by atoms with E-state index >= 15 is 0 Å². The van der Waals surface area contributed by atoms with Crippen molar-refractivity contribution in [3.8, 4) is 0 Å². The number of amides is 1. The lowest BCUT2D eigenvalue weighted by Crippen LogP contribution is -2.48.